The molecule has 0 saturated heterocycles. The molecule has 0 aliphatic rings. The van der Waals surface area contributed by atoms with Crippen LogP contribution < -0.4 is 0 Å². The summed E-state index contributed by atoms with van der Waals surface area (Å²) < 4.78 is 30.6. The normalized spacial score (nSPS) is 11.8. The van der Waals surface area contributed by atoms with Crippen molar-refractivity contribution in [2.45, 2.75) is 24.5 Å². The highest BCUT2D eigenvalue weighted by molar-refractivity contribution is 7.91. The van der Waals surface area contributed by atoms with Crippen molar-refractivity contribution in [1.82, 2.24) is 4.31 Å². The average molecular weight is 291 g/mol. The van der Waals surface area contributed by atoms with Gasteiger partial charge in [-0.25, -0.2) is 8.42 Å². The Morgan fingerprint density at radius 2 is 2.11 bits per heavy atom. The summed E-state index contributed by atoms with van der Waals surface area (Å²) in [6.07, 6.45) is 0.0634. The number of sulfonamides is 1. The Bertz CT molecular complexity index is 507. The standard InChI is InChI=1S/C11H17NO4S2/c1-4-12(8-7-10(13)16-3)18(14,15)11-6-5-9(2)17-11/h5-6H,4,7-8H2,1-3H3. The van der Waals surface area contributed by atoms with Gasteiger partial charge < -0.3 is 4.74 Å². The fourth-order valence-electron chi connectivity index (χ4n) is 1.44. The predicted octanol–water partition coefficient (Wildman–Crippen LogP) is 1.63. The highest BCUT2D eigenvalue weighted by atomic mass is 32.2. The van der Waals surface area contributed by atoms with E-state index in [1.165, 1.54) is 22.8 Å². The average Bonchev–Trinajstić information content (AvgIpc) is 2.76. The number of aryl methyl sites for hydroxylation is 1. The van der Waals surface area contributed by atoms with Crippen molar-refractivity contribution in [3.05, 3.63) is 17.0 Å². The number of hydrogen-bond acceptors (Lipinski definition) is 5. The predicted molar refractivity (Wildman–Crippen MR) is 70.1 cm³/mol. The lowest BCUT2D eigenvalue weighted by atomic mass is 10.4. The van der Waals surface area contributed by atoms with Crippen LogP contribution in [0.4, 0.5) is 0 Å². The molecule has 1 aromatic rings. The molecular weight excluding hydrogens is 274 g/mol. The van der Waals surface area contributed by atoms with E-state index in [1.54, 1.807) is 19.1 Å². The van der Waals surface area contributed by atoms with Crippen molar-refractivity contribution in [2.24, 2.45) is 0 Å². The molecule has 0 aliphatic carbocycles. The quantitative estimate of drug-likeness (QED) is 0.747. The molecule has 0 fully saturated rings. The highest BCUT2D eigenvalue weighted by Crippen LogP contribution is 2.24. The Morgan fingerprint density at radius 3 is 2.56 bits per heavy atom. The Hall–Kier alpha value is -0.920. The minimum Gasteiger partial charge on any atom is -0.469 e. The zero-order chi connectivity index (χ0) is 13.8. The topological polar surface area (TPSA) is 63.7 Å². The molecule has 7 heteroatoms. The van der Waals surface area contributed by atoms with Crippen molar-refractivity contribution < 1.29 is 17.9 Å². The van der Waals surface area contributed by atoms with Crippen LogP contribution in [0.5, 0.6) is 0 Å². The maximum atomic E-state index is 12.3. The number of nitrogens with zero attached hydrogens (tertiary/aromatic N) is 1. The molecule has 1 aromatic heterocycles. The largest absolute Gasteiger partial charge is 0.469 e. The fraction of sp³-hybridized carbons (Fsp3) is 0.545. The van der Waals surface area contributed by atoms with Crippen molar-refractivity contribution in [3.63, 3.8) is 0 Å². The molecule has 0 amide bonds. The number of carbonyl (C=O) groups is 1. The van der Waals surface area contributed by atoms with E-state index < -0.39 is 16.0 Å². The third kappa shape index (κ3) is 3.54. The third-order valence-electron chi connectivity index (χ3n) is 2.46. The molecule has 0 aromatic carbocycles. The van der Waals surface area contributed by atoms with Crippen molar-refractivity contribution in [1.29, 1.82) is 0 Å². The Kier molecular flexibility index (Phi) is 5.30. The van der Waals surface area contributed by atoms with Gasteiger partial charge >= 0.3 is 5.97 Å². The van der Waals surface area contributed by atoms with Gasteiger partial charge in [0.15, 0.2) is 0 Å². The van der Waals surface area contributed by atoms with E-state index in [0.29, 0.717) is 10.8 Å². The Balaban J connectivity index is 2.84. The first kappa shape index (κ1) is 15.1. The monoisotopic (exact) mass is 291 g/mol. The number of methoxy groups -OCH3 is 1. The highest BCUT2D eigenvalue weighted by Gasteiger charge is 2.24. The van der Waals surface area contributed by atoms with Crippen LogP contribution in [0.15, 0.2) is 16.3 Å². The number of thiophene rings is 1. The first-order valence-electron chi connectivity index (χ1n) is 5.55. The van der Waals surface area contributed by atoms with Gasteiger partial charge in [0.1, 0.15) is 4.21 Å². The second-order valence-electron chi connectivity index (χ2n) is 3.69. The van der Waals surface area contributed by atoms with Crippen LogP contribution in [0.2, 0.25) is 0 Å². The molecule has 0 N–H and O–H groups in total. The number of esters is 1. The molecule has 102 valence electrons. The van der Waals surface area contributed by atoms with E-state index in [9.17, 15) is 13.2 Å². The first-order valence-corrected chi connectivity index (χ1v) is 7.81. The van der Waals surface area contributed by atoms with Crippen LogP contribution in [-0.4, -0.2) is 38.9 Å². The van der Waals surface area contributed by atoms with Gasteiger partial charge in [-0.3, -0.25) is 4.79 Å². The molecular formula is C11H17NO4S2. The van der Waals surface area contributed by atoms with E-state index >= 15 is 0 Å². The minimum atomic E-state index is -3.49. The summed E-state index contributed by atoms with van der Waals surface area (Å²) in [7, 11) is -2.20. The maximum absolute atomic E-state index is 12.3. The van der Waals surface area contributed by atoms with Crippen molar-refractivity contribution in [3.8, 4) is 0 Å². The van der Waals surface area contributed by atoms with E-state index in [0.717, 1.165) is 4.88 Å². The molecule has 1 heterocycles. The zero-order valence-corrected chi connectivity index (χ0v) is 12.3. The lowest BCUT2D eigenvalue weighted by Gasteiger charge is -2.18. The van der Waals surface area contributed by atoms with Crippen LogP contribution in [0.25, 0.3) is 0 Å². The van der Waals surface area contributed by atoms with Gasteiger partial charge in [-0.1, -0.05) is 6.92 Å². The molecule has 0 spiro atoms. The van der Waals surface area contributed by atoms with Crippen molar-refractivity contribution >= 4 is 27.3 Å². The molecule has 1 rings (SSSR count). The molecule has 0 radical (unpaired) electrons. The van der Waals surface area contributed by atoms with Gasteiger partial charge in [0.2, 0.25) is 0 Å². The summed E-state index contributed by atoms with van der Waals surface area (Å²) in [4.78, 5) is 12.0. The fourth-order valence-corrected chi connectivity index (χ4v) is 4.33. The van der Waals surface area contributed by atoms with Crippen LogP contribution in [0, 0.1) is 6.92 Å². The number of ether oxygens (including phenoxy) is 1. The lowest BCUT2D eigenvalue weighted by Crippen LogP contribution is -2.32. The third-order valence-corrected chi connectivity index (χ3v) is 5.90. The molecule has 0 unspecified atom stereocenters. The van der Waals surface area contributed by atoms with Gasteiger partial charge in [-0.05, 0) is 19.1 Å². The zero-order valence-electron chi connectivity index (χ0n) is 10.7. The van der Waals surface area contributed by atoms with Gasteiger partial charge in [0.05, 0.1) is 13.5 Å². The number of hydrogen-bond donors (Lipinski definition) is 0. The van der Waals surface area contributed by atoms with Crippen molar-refractivity contribution in [2.75, 3.05) is 20.2 Å². The summed E-state index contributed by atoms with van der Waals surface area (Å²) in [6, 6.07) is 3.36. The molecule has 0 bridgehead atoms. The summed E-state index contributed by atoms with van der Waals surface area (Å²) in [5.41, 5.74) is 0. The van der Waals surface area contributed by atoms with E-state index in [4.69, 9.17) is 0 Å². The second-order valence-corrected chi connectivity index (χ2v) is 7.14. The summed E-state index contributed by atoms with van der Waals surface area (Å²) in [5, 5.41) is 0. The SMILES string of the molecule is CCN(CCC(=O)OC)S(=O)(=O)c1ccc(C)s1. The summed E-state index contributed by atoms with van der Waals surface area (Å²) in [6.45, 7) is 4.07. The van der Waals surface area contributed by atoms with Crippen LogP contribution in [-0.2, 0) is 19.6 Å². The first-order chi connectivity index (χ1) is 8.41. The smallest absolute Gasteiger partial charge is 0.306 e. The van der Waals surface area contributed by atoms with Gasteiger partial charge in [0.25, 0.3) is 10.0 Å². The number of carbonyl (C=O) groups excluding carboxylic acids is 1. The van der Waals surface area contributed by atoms with Crippen LogP contribution >= 0.6 is 11.3 Å². The molecule has 0 aliphatic heterocycles. The molecule has 5 nitrogen and oxygen atoms in total. The lowest BCUT2D eigenvalue weighted by molar-refractivity contribution is -0.140. The summed E-state index contributed by atoms with van der Waals surface area (Å²) >= 11 is 1.23. The maximum Gasteiger partial charge on any atom is 0.306 e. The van der Waals surface area contributed by atoms with Crippen LogP contribution in [0.3, 0.4) is 0 Å². The van der Waals surface area contributed by atoms with E-state index in [2.05, 4.69) is 4.74 Å². The Morgan fingerprint density at radius 1 is 1.44 bits per heavy atom. The van der Waals surface area contributed by atoms with Crippen LogP contribution in [0.1, 0.15) is 18.2 Å². The molecule has 18 heavy (non-hydrogen) atoms. The Labute approximate surface area is 111 Å². The van der Waals surface area contributed by atoms with Gasteiger partial charge in [-0.2, -0.15) is 4.31 Å². The second kappa shape index (κ2) is 6.31. The molecule has 0 atom stereocenters. The minimum absolute atomic E-state index is 0.0634. The molecule has 0 saturated carbocycles. The van der Waals surface area contributed by atoms with Gasteiger partial charge in [-0.15, -0.1) is 11.3 Å². The number of rotatable bonds is 6. The summed E-state index contributed by atoms with van der Waals surface area (Å²) in [5.74, 6) is -0.411. The van der Waals surface area contributed by atoms with E-state index in [-0.39, 0.29) is 13.0 Å². The van der Waals surface area contributed by atoms with Gasteiger partial charge in [0, 0.05) is 18.0 Å². The van der Waals surface area contributed by atoms with E-state index in [1.807, 2.05) is 6.92 Å².